The van der Waals surface area contributed by atoms with Crippen LogP contribution < -0.4 is 4.72 Å². The molecule has 1 aromatic carbocycles. The maximum atomic E-state index is 12.7. The fourth-order valence-corrected chi connectivity index (χ4v) is 4.34. The molecular weight excluding hydrogens is 418 g/mol. The quantitative estimate of drug-likeness (QED) is 0.635. The normalized spacial score (nSPS) is 14.3. The summed E-state index contributed by atoms with van der Waals surface area (Å²) in [5.74, 6) is -0.403. The lowest BCUT2D eigenvalue weighted by molar-refractivity contribution is 0.0754. The van der Waals surface area contributed by atoms with Crippen molar-refractivity contribution in [3.63, 3.8) is 0 Å². The highest BCUT2D eigenvalue weighted by atomic mass is 35.5. The number of aromatic nitrogens is 3. The van der Waals surface area contributed by atoms with E-state index < -0.39 is 10.0 Å². The van der Waals surface area contributed by atoms with Crippen molar-refractivity contribution in [1.29, 1.82) is 0 Å². The summed E-state index contributed by atoms with van der Waals surface area (Å²) < 4.78 is 33.3. The Labute approximate surface area is 172 Å². The molecule has 0 atom stereocenters. The second-order valence-corrected chi connectivity index (χ2v) is 8.77. The number of nitrogens with zero attached hydrogens (tertiary/aromatic N) is 3. The molecule has 2 N–H and O–H groups in total. The van der Waals surface area contributed by atoms with Crippen LogP contribution in [0.3, 0.4) is 0 Å². The van der Waals surface area contributed by atoms with Crippen molar-refractivity contribution in [3.8, 4) is 11.6 Å². The molecule has 0 radical (unpaired) electrons. The van der Waals surface area contributed by atoms with Crippen LogP contribution in [0.5, 0.6) is 0 Å². The average Bonchev–Trinajstić information content (AvgIpc) is 3.45. The highest BCUT2D eigenvalue weighted by molar-refractivity contribution is 7.92. The number of amides is 1. The smallest absolute Gasteiger partial charge is 0.311 e. The van der Waals surface area contributed by atoms with E-state index in [1.54, 1.807) is 30.0 Å². The van der Waals surface area contributed by atoms with Crippen LogP contribution in [-0.2, 0) is 10.0 Å². The van der Waals surface area contributed by atoms with Gasteiger partial charge in [0.15, 0.2) is 0 Å². The Morgan fingerprint density at radius 2 is 2.03 bits per heavy atom. The summed E-state index contributed by atoms with van der Waals surface area (Å²) in [6.45, 7) is 3.05. The van der Waals surface area contributed by atoms with Crippen LogP contribution >= 0.6 is 11.6 Å². The van der Waals surface area contributed by atoms with Crippen molar-refractivity contribution < 1.29 is 17.6 Å². The van der Waals surface area contributed by atoms with Crippen LogP contribution in [0.25, 0.3) is 11.6 Å². The molecule has 4 rings (SSSR count). The Balaban J connectivity index is 1.55. The highest BCUT2D eigenvalue weighted by Gasteiger charge is 2.26. The zero-order valence-electron chi connectivity index (χ0n) is 15.5. The maximum absolute atomic E-state index is 12.7. The summed E-state index contributed by atoms with van der Waals surface area (Å²) in [6, 6.07) is 6.33. The van der Waals surface area contributed by atoms with Gasteiger partial charge in [-0.15, -0.1) is 10.2 Å². The van der Waals surface area contributed by atoms with Crippen molar-refractivity contribution in [3.05, 3.63) is 46.9 Å². The molecule has 9 nitrogen and oxygen atoms in total. The van der Waals surface area contributed by atoms with Crippen LogP contribution in [0, 0.1) is 6.92 Å². The van der Waals surface area contributed by atoms with E-state index in [9.17, 15) is 13.2 Å². The number of benzene rings is 1. The van der Waals surface area contributed by atoms with Gasteiger partial charge in [-0.05, 0) is 43.5 Å². The van der Waals surface area contributed by atoms with E-state index in [-0.39, 0.29) is 22.6 Å². The Kier molecular flexibility index (Phi) is 5.05. The summed E-state index contributed by atoms with van der Waals surface area (Å²) >= 11 is 6.05. The zero-order chi connectivity index (χ0) is 20.6. The number of nitrogens with one attached hydrogen (secondary N) is 2. The fourth-order valence-electron chi connectivity index (χ4n) is 3.05. The lowest BCUT2D eigenvalue weighted by Gasteiger charge is -2.11. The van der Waals surface area contributed by atoms with Crippen molar-refractivity contribution in [2.45, 2.75) is 24.7 Å². The van der Waals surface area contributed by atoms with Crippen LogP contribution in [0.4, 0.5) is 5.69 Å². The van der Waals surface area contributed by atoms with Gasteiger partial charge in [0.05, 0.1) is 5.69 Å². The minimum atomic E-state index is -3.87. The van der Waals surface area contributed by atoms with Crippen molar-refractivity contribution >= 4 is 33.2 Å². The van der Waals surface area contributed by atoms with Gasteiger partial charge < -0.3 is 14.3 Å². The summed E-state index contributed by atoms with van der Waals surface area (Å²) in [5.41, 5.74) is 1.30. The molecule has 0 unspecified atom stereocenters. The number of halogens is 1. The largest absolute Gasteiger partial charge is 0.411 e. The second kappa shape index (κ2) is 7.53. The molecule has 152 valence electrons. The number of carbonyl (C=O) groups excluding carboxylic acids is 1. The fraction of sp³-hybridized carbons (Fsp3) is 0.278. The number of hydrogen-bond acceptors (Lipinski definition) is 6. The van der Waals surface area contributed by atoms with Crippen LogP contribution in [0.1, 0.15) is 29.1 Å². The molecule has 1 aliphatic heterocycles. The van der Waals surface area contributed by atoms with E-state index in [0.29, 0.717) is 35.1 Å². The first kappa shape index (κ1) is 19.5. The van der Waals surface area contributed by atoms with Gasteiger partial charge in [-0.2, -0.15) is 0 Å². The van der Waals surface area contributed by atoms with E-state index in [2.05, 4.69) is 19.9 Å². The Bertz CT molecular complexity index is 1160. The molecule has 3 aromatic rings. The van der Waals surface area contributed by atoms with Crippen LogP contribution in [0.15, 0.2) is 39.8 Å². The molecule has 0 saturated carbocycles. The Hall–Kier alpha value is -2.85. The number of likely N-dealkylation sites (tertiary alicyclic amines) is 1. The number of rotatable bonds is 5. The first-order valence-corrected chi connectivity index (χ1v) is 10.8. The Morgan fingerprint density at radius 3 is 2.79 bits per heavy atom. The molecule has 1 saturated heterocycles. The molecule has 3 heterocycles. The first-order valence-electron chi connectivity index (χ1n) is 8.94. The van der Waals surface area contributed by atoms with Crippen LogP contribution in [0.2, 0.25) is 5.02 Å². The van der Waals surface area contributed by atoms with E-state index >= 15 is 0 Å². The summed E-state index contributed by atoms with van der Waals surface area (Å²) in [5, 5.41) is 8.11. The SMILES string of the molecule is Cc1c(Cl)cccc1NS(=O)(=O)c1c[nH]c(-c2nnc(C(=O)N3CCCC3)o2)c1. The zero-order valence-corrected chi connectivity index (χ0v) is 17.0. The number of aromatic amines is 1. The number of carbonyl (C=O) groups is 1. The average molecular weight is 436 g/mol. The predicted octanol–water partition coefficient (Wildman–Crippen LogP) is 3.06. The van der Waals surface area contributed by atoms with Gasteiger partial charge >= 0.3 is 11.8 Å². The number of anilines is 1. The third kappa shape index (κ3) is 3.85. The topological polar surface area (TPSA) is 121 Å². The lowest BCUT2D eigenvalue weighted by atomic mass is 10.2. The van der Waals surface area contributed by atoms with E-state index in [1.807, 2.05) is 0 Å². The number of H-pyrrole nitrogens is 1. The molecule has 0 aliphatic carbocycles. The molecule has 0 spiro atoms. The number of sulfonamides is 1. The van der Waals surface area contributed by atoms with Gasteiger partial charge in [0, 0.05) is 24.3 Å². The second-order valence-electron chi connectivity index (χ2n) is 6.68. The molecule has 0 bridgehead atoms. The molecule has 1 amide bonds. The van der Waals surface area contributed by atoms with E-state index in [1.165, 1.54) is 12.3 Å². The minimum absolute atomic E-state index is 0.0162. The van der Waals surface area contributed by atoms with Crippen molar-refractivity contribution in [2.75, 3.05) is 17.8 Å². The van der Waals surface area contributed by atoms with Crippen molar-refractivity contribution in [1.82, 2.24) is 20.1 Å². The first-order chi connectivity index (χ1) is 13.8. The van der Waals surface area contributed by atoms with Crippen LogP contribution in [-0.4, -0.2) is 47.5 Å². The maximum Gasteiger partial charge on any atom is 0.311 e. The van der Waals surface area contributed by atoms with Gasteiger partial charge in [-0.25, -0.2) is 8.42 Å². The molecule has 1 fully saturated rings. The molecule has 11 heteroatoms. The third-order valence-electron chi connectivity index (χ3n) is 4.71. The molecular formula is C18H18ClN5O4S. The summed E-state index contributed by atoms with van der Waals surface area (Å²) in [6.07, 6.45) is 3.21. The molecule has 29 heavy (non-hydrogen) atoms. The Morgan fingerprint density at radius 1 is 1.28 bits per heavy atom. The number of hydrogen-bond donors (Lipinski definition) is 2. The predicted molar refractivity (Wildman–Crippen MR) is 106 cm³/mol. The van der Waals surface area contributed by atoms with Gasteiger partial charge in [-0.3, -0.25) is 9.52 Å². The van der Waals surface area contributed by atoms with E-state index in [0.717, 1.165) is 12.8 Å². The highest BCUT2D eigenvalue weighted by Crippen LogP contribution is 2.27. The summed E-state index contributed by atoms with van der Waals surface area (Å²) in [7, 11) is -3.87. The molecule has 1 aliphatic rings. The van der Waals surface area contributed by atoms with Gasteiger partial charge in [0.2, 0.25) is 0 Å². The standard InChI is InChI=1S/C18H18ClN5O4S/c1-11-13(19)5-4-6-14(11)23-29(26,27)12-9-15(20-10-12)16-21-22-17(28-16)18(25)24-7-2-3-8-24/h4-6,9-10,20,23H,2-3,7-8H2,1H3. The van der Waals surface area contributed by atoms with Gasteiger partial charge in [0.1, 0.15) is 10.6 Å². The minimum Gasteiger partial charge on any atom is -0.411 e. The lowest BCUT2D eigenvalue weighted by Crippen LogP contribution is -2.27. The van der Waals surface area contributed by atoms with Gasteiger partial charge in [0.25, 0.3) is 15.9 Å². The summed E-state index contributed by atoms with van der Waals surface area (Å²) in [4.78, 5) is 16.8. The third-order valence-corrected chi connectivity index (χ3v) is 6.46. The van der Waals surface area contributed by atoms with Crippen molar-refractivity contribution in [2.24, 2.45) is 0 Å². The monoisotopic (exact) mass is 435 g/mol. The van der Waals surface area contributed by atoms with E-state index in [4.69, 9.17) is 16.0 Å². The van der Waals surface area contributed by atoms with Gasteiger partial charge in [-0.1, -0.05) is 17.7 Å². The molecule has 2 aromatic heterocycles.